The third-order valence-electron chi connectivity index (χ3n) is 5.94. The average molecular weight is 401 g/mol. The Morgan fingerprint density at radius 2 is 1.67 bits per heavy atom. The molecule has 2 aromatic rings. The van der Waals surface area contributed by atoms with Crippen molar-refractivity contribution in [1.29, 1.82) is 0 Å². The van der Waals surface area contributed by atoms with Crippen LogP contribution < -0.4 is 9.64 Å². The molecule has 2 aromatic carbocycles. The minimum Gasteiger partial charge on any atom is -0.495 e. The van der Waals surface area contributed by atoms with Gasteiger partial charge in [-0.25, -0.2) is 4.90 Å². The zero-order valence-electron chi connectivity index (χ0n) is 16.2. The van der Waals surface area contributed by atoms with E-state index < -0.39 is 29.8 Å². The summed E-state index contributed by atoms with van der Waals surface area (Å²) in [5.41, 5.74) is 0.882. The maximum absolute atomic E-state index is 13.6. The third kappa shape index (κ3) is 2.51. The molecule has 3 heterocycles. The number of carbonyl (C=O) groups excluding carboxylic acids is 3. The molecule has 0 bridgehead atoms. The zero-order chi connectivity index (χ0) is 20.8. The SMILES string of the molecule is COc1ccccc1N1C(=O)[C@H]2[C@H](C1=O)[C@@H]1C=CC=NN1[C@@H]2C(=O)c1ccccc1. The number of hydrazone groups is 1. The number of para-hydroxylation sites is 2. The number of methoxy groups -OCH3 is 1. The van der Waals surface area contributed by atoms with Crippen molar-refractivity contribution in [2.24, 2.45) is 16.9 Å². The van der Waals surface area contributed by atoms with Gasteiger partial charge in [0.2, 0.25) is 11.8 Å². The molecule has 5 rings (SSSR count). The van der Waals surface area contributed by atoms with Crippen LogP contribution >= 0.6 is 0 Å². The lowest BCUT2D eigenvalue weighted by molar-refractivity contribution is -0.123. The Kier molecular flexibility index (Phi) is 4.24. The number of anilines is 1. The number of hydrogen-bond acceptors (Lipinski definition) is 6. The molecule has 0 radical (unpaired) electrons. The number of ether oxygens (including phenoxy) is 1. The number of ketones is 1. The van der Waals surface area contributed by atoms with E-state index in [9.17, 15) is 14.4 Å². The minimum atomic E-state index is -0.847. The highest BCUT2D eigenvalue weighted by Crippen LogP contribution is 2.47. The van der Waals surface area contributed by atoms with E-state index in [2.05, 4.69) is 5.10 Å². The van der Waals surface area contributed by atoms with Crippen molar-refractivity contribution in [1.82, 2.24) is 5.01 Å². The fourth-order valence-corrected chi connectivity index (χ4v) is 4.66. The largest absolute Gasteiger partial charge is 0.495 e. The van der Waals surface area contributed by atoms with E-state index in [0.29, 0.717) is 17.0 Å². The van der Waals surface area contributed by atoms with Gasteiger partial charge in [0.15, 0.2) is 5.78 Å². The van der Waals surface area contributed by atoms with Crippen molar-refractivity contribution in [3.63, 3.8) is 0 Å². The predicted molar refractivity (Wildman–Crippen MR) is 110 cm³/mol. The van der Waals surface area contributed by atoms with E-state index >= 15 is 0 Å². The highest BCUT2D eigenvalue weighted by Gasteiger charge is 2.64. The maximum Gasteiger partial charge on any atom is 0.240 e. The Morgan fingerprint density at radius 1 is 0.967 bits per heavy atom. The van der Waals surface area contributed by atoms with Gasteiger partial charge in [-0.2, -0.15) is 5.10 Å². The lowest BCUT2D eigenvalue weighted by Gasteiger charge is -2.30. The Balaban J connectivity index is 1.60. The molecule has 0 unspecified atom stereocenters. The van der Waals surface area contributed by atoms with Gasteiger partial charge in [-0.15, -0.1) is 0 Å². The van der Waals surface area contributed by atoms with Crippen molar-refractivity contribution in [2.75, 3.05) is 12.0 Å². The Morgan fingerprint density at radius 3 is 2.43 bits per heavy atom. The zero-order valence-corrected chi connectivity index (χ0v) is 16.2. The first-order valence-electron chi connectivity index (χ1n) is 9.72. The van der Waals surface area contributed by atoms with Crippen LogP contribution in [-0.4, -0.2) is 48.0 Å². The number of allylic oxidation sites excluding steroid dienone is 1. The van der Waals surface area contributed by atoms with Crippen LogP contribution in [0, 0.1) is 11.8 Å². The number of benzene rings is 2. The number of imide groups is 1. The first-order chi connectivity index (χ1) is 14.6. The molecule has 0 spiro atoms. The summed E-state index contributed by atoms with van der Waals surface area (Å²) in [4.78, 5) is 41.6. The van der Waals surface area contributed by atoms with E-state index in [4.69, 9.17) is 4.74 Å². The average Bonchev–Trinajstić information content (AvgIpc) is 3.26. The molecule has 3 aliphatic heterocycles. The van der Waals surface area contributed by atoms with E-state index in [-0.39, 0.29) is 11.7 Å². The van der Waals surface area contributed by atoms with Gasteiger partial charge in [0.1, 0.15) is 11.8 Å². The van der Waals surface area contributed by atoms with E-state index in [1.54, 1.807) is 65.8 Å². The van der Waals surface area contributed by atoms with Gasteiger partial charge in [0, 0.05) is 11.8 Å². The molecule has 4 atom stereocenters. The second-order valence-electron chi connectivity index (χ2n) is 7.43. The fraction of sp³-hybridized carbons (Fsp3) is 0.217. The van der Waals surface area contributed by atoms with Gasteiger partial charge in [-0.3, -0.25) is 19.4 Å². The number of carbonyl (C=O) groups is 3. The second kappa shape index (κ2) is 6.95. The first-order valence-corrected chi connectivity index (χ1v) is 9.72. The van der Waals surface area contributed by atoms with Crippen LogP contribution in [0.3, 0.4) is 0 Å². The number of hydrogen-bond donors (Lipinski definition) is 0. The lowest BCUT2D eigenvalue weighted by atomic mass is 9.86. The van der Waals surface area contributed by atoms with Crippen LogP contribution in [-0.2, 0) is 9.59 Å². The number of rotatable bonds is 4. The monoisotopic (exact) mass is 401 g/mol. The molecule has 0 saturated carbocycles. The van der Waals surface area contributed by atoms with Crippen LogP contribution in [0.15, 0.2) is 71.9 Å². The molecule has 0 N–H and O–H groups in total. The van der Waals surface area contributed by atoms with Crippen LogP contribution in [0.25, 0.3) is 0 Å². The molecule has 2 fully saturated rings. The summed E-state index contributed by atoms with van der Waals surface area (Å²) in [5, 5.41) is 5.97. The van der Waals surface area contributed by atoms with Crippen LogP contribution in [0.1, 0.15) is 10.4 Å². The molecule has 150 valence electrons. The van der Waals surface area contributed by atoms with Gasteiger partial charge in [-0.1, -0.05) is 48.5 Å². The molecule has 0 aliphatic carbocycles. The number of nitrogens with zero attached hydrogens (tertiary/aromatic N) is 3. The molecule has 7 nitrogen and oxygen atoms in total. The fourth-order valence-electron chi connectivity index (χ4n) is 4.66. The van der Waals surface area contributed by atoms with Crippen LogP contribution in [0.4, 0.5) is 5.69 Å². The summed E-state index contributed by atoms with van der Waals surface area (Å²) in [6.07, 6.45) is 5.16. The predicted octanol–water partition coefficient (Wildman–Crippen LogP) is 2.29. The first kappa shape index (κ1) is 18.3. The summed E-state index contributed by atoms with van der Waals surface area (Å²) in [5.74, 6) is -2.03. The van der Waals surface area contributed by atoms with Gasteiger partial charge in [0.05, 0.1) is 30.7 Å². The van der Waals surface area contributed by atoms with E-state index in [0.717, 1.165) is 0 Å². The lowest BCUT2D eigenvalue weighted by Crippen LogP contribution is -2.46. The van der Waals surface area contributed by atoms with Gasteiger partial charge in [0.25, 0.3) is 0 Å². The van der Waals surface area contributed by atoms with Gasteiger partial charge in [-0.05, 0) is 18.2 Å². The Hall–Kier alpha value is -3.74. The Bertz CT molecular complexity index is 1090. The molecule has 3 aliphatic rings. The molecule has 7 heteroatoms. The van der Waals surface area contributed by atoms with Crippen molar-refractivity contribution < 1.29 is 19.1 Å². The van der Waals surface area contributed by atoms with Gasteiger partial charge >= 0.3 is 0 Å². The molecular weight excluding hydrogens is 382 g/mol. The summed E-state index contributed by atoms with van der Waals surface area (Å²) in [7, 11) is 1.49. The van der Waals surface area contributed by atoms with Crippen molar-refractivity contribution in [3.8, 4) is 5.75 Å². The summed E-state index contributed by atoms with van der Waals surface area (Å²) < 4.78 is 5.37. The Labute approximate surface area is 173 Å². The van der Waals surface area contributed by atoms with Gasteiger partial charge < -0.3 is 4.74 Å². The quantitative estimate of drug-likeness (QED) is 0.580. The van der Waals surface area contributed by atoms with E-state index in [1.165, 1.54) is 12.0 Å². The van der Waals surface area contributed by atoms with Crippen LogP contribution in [0.2, 0.25) is 0 Å². The molecule has 2 amide bonds. The number of amides is 2. The summed E-state index contributed by atoms with van der Waals surface area (Å²) in [6, 6.07) is 14.4. The minimum absolute atomic E-state index is 0.219. The topological polar surface area (TPSA) is 79.3 Å². The van der Waals surface area contributed by atoms with E-state index in [1.807, 2.05) is 12.1 Å². The highest BCUT2D eigenvalue weighted by atomic mass is 16.5. The third-order valence-corrected chi connectivity index (χ3v) is 5.94. The summed E-state index contributed by atoms with van der Waals surface area (Å²) >= 11 is 0. The molecule has 30 heavy (non-hydrogen) atoms. The number of Topliss-reactive ketones (excluding diaryl/α,β-unsaturated/α-hetero) is 1. The second-order valence-corrected chi connectivity index (χ2v) is 7.43. The normalized spacial score (nSPS) is 26.7. The smallest absolute Gasteiger partial charge is 0.240 e. The molecular formula is C23H19N3O4. The summed E-state index contributed by atoms with van der Waals surface area (Å²) in [6.45, 7) is 0. The van der Waals surface area contributed by atoms with Crippen molar-refractivity contribution in [2.45, 2.75) is 12.1 Å². The van der Waals surface area contributed by atoms with Crippen LogP contribution in [0.5, 0.6) is 5.75 Å². The molecule has 0 aromatic heterocycles. The van der Waals surface area contributed by atoms with Crippen molar-refractivity contribution >= 4 is 29.5 Å². The highest BCUT2D eigenvalue weighted by molar-refractivity contribution is 6.25. The molecule has 2 saturated heterocycles. The maximum atomic E-state index is 13.6. The standard InChI is InChI=1S/C23H19N3O4/c1-30-17-12-6-5-10-15(17)25-22(28)18-16-11-7-13-24-26(16)20(19(18)23(25)29)21(27)14-8-3-2-4-9-14/h2-13,16,18-20H,1H3/t16-,18+,19-,20-/m0/s1. The van der Waals surface area contributed by atoms with Crippen molar-refractivity contribution in [3.05, 3.63) is 72.3 Å². The number of fused-ring (bicyclic) bond motifs is 3.